The Labute approximate surface area is 155 Å². The number of benzene rings is 2. The van der Waals surface area contributed by atoms with Gasteiger partial charge in [0.15, 0.2) is 8.32 Å². The monoisotopic (exact) mass is 372 g/mol. The molecule has 0 amide bonds. The Hall–Kier alpha value is -1.21. The maximum absolute atomic E-state index is 6.80. The third kappa shape index (κ3) is 4.91. The molecule has 2 aromatic rings. The predicted molar refractivity (Wildman–Crippen MR) is 113 cm³/mol. The molecule has 0 aliphatic heterocycles. The van der Waals surface area contributed by atoms with Crippen molar-refractivity contribution in [2.75, 3.05) is 13.2 Å². The molecule has 0 heterocycles. The first-order valence-electron chi connectivity index (χ1n) is 9.06. The van der Waals surface area contributed by atoms with Gasteiger partial charge in [-0.2, -0.15) is 0 Å². The highest BCUT2D eigenvalue weighted by molar-refractivity contribution is 6.99. The summed E-state index contributed by atoms with van der Waals surface area (Å²) < 4.78 is 12.8. The second-order valence-corrected chi connectivity index (χ2v) is 17.3. The van der Waals surface area contributed by atoms with Crippen LogP contribution in [0.5, 0.6) is 0 Å². The Kier molecular flexibility index (Phi) is 6.43. The molecule has 136 valence electrons. The van der Waals surface area contributed by atoms with E-state index in [1.54, 1.807) is 0 Å². The van der Waals surface area contributed by atoms with Crippen molar-refractivity contribution in [2.45, 2.75) is 45.5 Å². The van der Waals surface area contributed by atoms with Gasteiger partial charge < -0.3 is 8.85 Å². The summed E-state index contributed by atoms with van der Waals surface area (Å²) in [7, 11) is -3.93. The van der Waals surface area contributed by atoms with E-state index in [0.717, 1.165) is 0 Å². The van der Waals surface area contributed by atoms with Crippen molar-refractivity contribution in [3.8, 4) is 0 Å². The van der Waals surface area contributed by atoms with Crippen molar-refractivity contribution in [2.24, 2.45) is 0 Å². The van der Waals surface area contributed by atoms with Crippen LogP contribution in [0.4, 0.5) is 0 Å². The van der Waals surface area contributed by atoms with E-state index in [2.05, 4.69) is 101 Å². The summed E-state index contributed by atoms with van der Waals surface area (Å²) in [5, 5.41) is 2.66. The topological polar surface area (TPSA) is 18.5 Å². The lowest BCUT2D eigenvalue weighted by atomic mass is 10.2. The molecule has 2 aromatic carbocycles. The van der Waals surface area contributed by atoms with Gasteiger partial charge in [-0.25, -0.2) is 0 Å². The van der Waals surface area contributed by atoms with E-state index in [9.17, 15) is 0 Å². The van der Waals surface area contributed by atoms with Crippen LogP contribution in [0.25, 0.3) is 0 Å². The van der Waals surface area contributed by atoms with Crippen LogP contribution in [0.3, 0.4) is 0 Å². The second-order valence-electron chi connectivity index (χ2n) is 8.47. The molecule has 0 radical (unpaired) electrons. The molecule has 0 N–H and O–H groups in total. The van der Waals surface area contributed by atoms with Crippen molar-refractivity contribution in [3.05, 3.63) is 60.7 Å². The molecule has 0 bridgehead atoms. The van der Waals surface area contributed by atoms with Gasteiger partial charge in [0, 0.05) is 0 Å². The molecule has 0 aliphatic rings. The van der Waals surface area contributed by atoms with Crippen LogP contribution in [-0.4, -0.2) is 29.8 Å². The highest BCUT2D eigenvalue weighted by atomic mass is 28.4. The minimum absolute atomic E-state index is 0.0227. The average Bonchev–Trinajstić information content (AvgIpc) is 2.54. The number of rotatable bonds is 7. The van der Waals surface area contributed by atoms with Gasteiger partial charge in [-0.05, 0) is 35.1 Å². The second kappa shape index (κ2) is 8.00. The van der Waals surface area contributed by atoms with E-state index in [1.807, 2.05) is 0 Å². The van der Waals surface area contributed by atoms with Crippen LogP contribution in [0, 0.1) is 0 Å². The van der Waals surface area contributed by atoms with E-state index in [-0.39, 0.29) is 5.04 Å². The first-order valence-corrected chi connectivity index (χ1v) is 14.4. The molecule has 0 fully saturated rings. The summed E-state index contributed by atoms with van der Waals surface area (Å²) in [6.07, 6.45) is 0. The summed E-state index contributed by atoms with van der Waals surface area (Å²) >= 11 is 0. The molecule has 0 aliphatic carbocycles. The normalized spacial score (nSPS) is 13.0. The van der Waals surface area contributed by atoms with Crippen LogP contribution in [0.1, 0.15) is 20.8 Å². The van der Waals surface area contributed by atoms with Gasteiger partial charge in [0.05, 0.1) is 13.2 Å². The smallest absolute Gasteiger partial charge is 0.261 e. The van der Waals surface area contributed by atoms with Gasteiger partial charge in [-0.1, -0.05) is 81.4 Å². The van der Waals surface area contributed by atoms with Crippen molar-refractivity contribution >= 4 is 27.0 Å². The molecule has 0 aromatic heterocycles. The van der Waals surface area contributed by atoms with Gasteiger partial charge in [-0.3, -0.25) is 0 Å². The maximum Gasteiger partial charge on any atom is 0.261 e. The van der Waals surface area contributed by atoms with E-state index in [1.165, 1.54) is 10.4 Å². The highest BCUT2D eigenvalue weighted by Gasteiger charge is 2.50. The summed E-state index contributed by atoms with van der Waals surface area (Å²) in [5.41, 5.74) is 0. The minimum atomic E-state index is -2.41. The van der Waals surface area contributed by atoms with E-state index in [0.29, 0.717) is 13.2 Å². The van der Waals surface area contributed by atoms with E-state index >= 15 is 0 Å². The molecule has 4 heteroatoms. The van der Waals surface area contributed by atoms with Crippen molar-refractivity contribution < 1.29 is 8.85 Å². The van der Waals surface area contributed by atoms with Gasteiger partial charge in [-0.15, -0.1) is 0 Å². The molecule has 2 rings (SSSR count). The van der Waals surface area contributed by atoms with E-state index in [4.69, 9.17) is 8.85 Å². The van der Waals surface area contributed by atoms with E-state index < -0.39 is 16.6 Å². The van der Waals surface area contributed by atoms with Crippen LogP contribution in [0.15, 0.2) is 60.7 Å². The van der Waals surface area contributed by atoms with Crippen molar-refractivity contribution in [1.29, 1.82) is 0 Å². The Bertz CT molecular complexity index is 604. The molecule has 2 nitrogen and oxygen atoms in total. The Morgan fingerprint density at radius 3 is 1.44 bits per heavy atom. The van der Waals surface area contributed by atoms with Crippen molar-refractivity contribution in [1.82, 2.24) is 0 Å². The Balaban J connectivity index is 2.42. The fraction of sp³-hybridized carbons (Fsp3) is 0.429. The summed E-state index contributed by atoms with van der Waals surface area (Å²) in [4.78, 5) is 0. The molecule has 0 saturated heterocycles. The molecule has 25 heavy (non-hydrogen) atoms. The fourth-order valence-electron chi connectivity index (χ4n) is 3.30. The molecule has 0 atom stereocenters. The third-order valence-electron chi connectivity index (χ3n) is 4.35. The fourth-order valence-corrected chi connectivity index (χ4v) is 8.54. The van der Waals surface area contributed by atoms with Gasteiger partial charge in [0.25, 0.3) is 8.32 Å². The van der Waals surface area contributed by atoms with Crippen LogP contribution < -0.4 is 10.4 Å². The average molecular weight is 373 g/mol. The zero-order chi connectivity index (χ0) is 18.6. The van der Waals surface area contributed by atoms with Gasteiger partial charge >= 0.3 is 0 Å². The first kappa shape index (κ1) is 20.1. The van der Waals surface area contributed by atoms with Crippen LogP contribution in [-0.2, 0) is 8.85 Å². The first-order chi connectivity index (χ1) is 11.7. The number of hydrogen-bond donors (Lipinski definition) is 0. The number of hydrogen-bond acceptors (Lipinski definition) is 2. The maximum atomic E-state index is 6.80. The van der Waals surface area contributed by atoms with Crippen LogP contribution in [0.2, 0.25) is 24.7 Å². The van der Waals surface area contributed by atoms with Gasteiger partial charge in [0.1, 0.15) is 0 Å². The summed E-state index contributed by atoms with van der Waals surface area (Å²) in [6.45, 7) is 14.9. The quantitative estimate of drug-likeness (QED) is 0.529. The predicted octanol–water partition coefficient (Wildman–Crippen LogP) is 4.41. The molecular weight excluding hydrogens is 340 g/mol. The molecular formula is C21H32O2Si2. The van der Waals surface area contributed by atoms with Crippen LogP contribution >= 0.6 is 0 Å². The lowest BCUT2D eigenvalue weighted by molar-refractivity contribution is 0.204. The lowest BCUT2D eigenvalue weighted by Crippen LogP contribution is -2.66. The third-order valence-corrected chi connectivity index (χ3v) is 10.5. The molecule has 0 saturated carbocycles. The largest absolute Gasteiger partial charge is 0.415 e. The Morgan fingerprint density at radius 1 is 0.680 bits per heavy atom. The minimum Gasteiger partial charge on any atom is -0.415 e. The molecule has 0 unspecified atom stereocenters. The van der Waals surface area contributed by atoms with Gasteiger partial charge in [0.2, 0.25) is 0 Å². The summed E-state index contributed by atoms with van der Waals surface area (Å²) in [5.74, 6) is 0. The standard InChI is InChI=1S/C21H32O2Si2/c1-21(2,3)25(19-13-9-7-10-14-19,20-15-11-8-12-16-20)23-18-17-22-24(4,5)6/h7-16H,17-18H2,1-6H3. The SMILES string of the molecule is CC(C)(C)[Si](OCCO[Si](C)(C)C)(c1ccccc1)c1ccccc1. The lowest BCUT2D eigenvalue weighted by Gasteiger charge is -2.43. The van der Waals surface area contributed by atoms with Crippen molar-refractivity contribution in [3.63, 3.8) is 0 Å². The highest BCUT2D eigenvalue weighted by Crippen LogP contribution is 2.36. The molecule has 0 spiro atoms. The zero-order valence-electron chi connectivity index (χ0n) is 16.5. The summed E-state index contributed by atoms with van der Waals surface area (Å²) in [6, 6.07) is 21.5. The zero-order valence-corrected chi connectivity index (χ0v) is 18.5. The Morgan fingerprint density at radius 2 is 1.08 bits per heavy atom.